The molecule has 5 nitrogen and oxygen atoms in total. The lowest BCUT2D eigenvalue weighted by Gasteiger charge is -2.11. The van der Waals surface area contributed by atoms with E-state index in [-0.39, 0.29) is 11.9 Å². The summed E-state index contributed by atoms with van der Waals surface area (Å²) in [6.07, 6.45) is -0.311. The zero-order chi connectivity index (χ0) is 9.59. The third-order valence-electron chi connectivity index (χ3n) is 1.70. The molecule has 1 N–H and O–H groups in total. The van der Waals surface area contributed by atoms with E-state index in [1.165, 1.54) is 6.92 Å². The van der Waals surface area contributed by atoms with Crippen LogP contribution in [0.25, 0.3) is 0 Å². The Morgan fingerprint density at radius 1 is 1.62 bits per heavy atom. The fourth-order valence-electron chi connectivity index (χ4n) is 1.12. The average molecular weight is 184 g/mol. The molecule has 1 atom stereocenters. The first-order valence-corrected chi connectivity index (χ1v) is 3.80. The molecule has 13 heavy (non-hydrogen) atoms. The molecule has 0 fully saturated rings. The second kappa shape index (κ2) is 2.42. The monoisotopic (exact) mass is 184 g/mol. The van der Waals surface area contributed by atoms with Gasteiger partial charge < -0.3 is 19.3 Å². The summed E-state index contributed by atoms with van der Waals surface area (Å²) in [4.78, 5) is 10.6. The summed E-state index contributed by atoms with van der Waals surface area (Å²) in [6, 6.07) is 0. The van der Waals surface area contributed by atoms with Crippen LogP contribution >= 0.6 is 0 Å². The number of aliphatic hydroxyl groups is 1. The SMILES string of the molecule is CC(=O)OC1=C(O)OC(C)C2=C1O2. The van der Waals surface area contributed by atoms with Crippen LogP contribution in [0.3, 0.4) is 0 Å². The minimum atomic E-state index is -0.526. The maximum atomic E-state index is 10.6. The molecule has 1 unspecified atom stereocenters. The van der Waals surface area contributed by atoms with E-state index in [4.69, 9.17) is 9.47 Å². The van der Waals surface area contributed by atoms with E-state index >= 15 is 0 Å². The molecule has 0 bridgehead atoms. The van der Waals surface area contributed by atoms with Crippen LogP contribution in [0.4, 0.5) is 0 Å². The predicted molar refractivity (Wildman–Crippen MR) is 40.1 cm³/mol. The van der Waals surface area contributed by atoms with Gasteiger partial charge in [-0.1, -0.05) is 0 Å². The maximum absolute atomic E-state index is 10.6. The van der Waals surface area contributed by atoms with Crippen molar-refractivity contribution in [2.75, 3.05) is 0 Å². The van der Waals surface area contributed by atoms with Gasteiger partial charge in [0.15, 0.2) is 11.9 Å². The summed E-state index contributed by atoms with van der Waals surface area (Å²) in [5, 5.41) is 9.25. The lowest BCUT2D eigenvalue weighted by atomic mass is 10.3. The van der Waals surface area contributed by atoms with Gasteiger partial charge in [-0.25, -0.2) is 0 Å². The van der Waals surface area contributed by atoms with E-state index in [2.05, 4.69) is 4.74 Å². The fraction of sp³-hybridized carbons (Fsp3) is 0.375. The van der Waals surface area contributed by atoms with Gasteiger partial charge in [0, 0.05) is 6.92 Å². The average Bonchev–Trinajstić information content (AvgIpc) is 2.76. The Kier molecular flexibility index (Phi) is 1.48. The summed E-state index contributed by atoms with van der Waals surface area (Å²) in [7, 11) is 0. The van der Waals surface area contributed by atoms with Crippen molar-refractivity contribution in [2.45, 2.75) is 20.0 Å². The Morgan fingerprint density at radius 3 is 2.92 bits per heavy atom. The van der Waals surface area contributed by atoms with Crippen molar-refractivity contribution in [3.63, 3.8) is 0 Å². The minimum absolute atomic E-state index is 0.0272. The van der Waals surface area contributed by atoms with Gasteiger partial charge >= 0.3 is 11.9 Å². The highest BCUT2D eigenvalue weighted by Gasteiger charge is 2.43. The van der Waals surface area contributed by atoms with Crippen molar-refractivity contribution < 1.29 is 24.1 Å². The van der Waals surface area contributed by atoms with E-state index in [9.17, 15) is 9.90 Å². The molecule has 2 heterocycles. The largest absolute Gasteiger partial charge is 0.478 e. The van der Waals surface area contributed by atoms with Crippen molar-refractivity contribution in [1.29, 1.82) is 0 Å². The molecule has 0 aromatic rings. The van der Waals surface area contributed by atoms with Crippen molar-refractivity contribution in [2.24, 2.45) is 0 Å². The Labute approximate surface area is 74.2 Å². The van der Waals surface area contributed by atoms with Crippen LogP contribution in [0.5, 0.6) is 0 Å². The molecule has 0 saturated heterocycles. The Hall–Kier alpha value is -1.65. The summed E-state index contributed by atoms with van der Waals surface area (Å²) in [5.74, 6) is 0.0575. The molecule has 2 aliphatic rings. The molecule has 2 aliphatic heterocycles. The third-order valence-corrected chi connectivity index (χ3v) is 1.70. The first-order valence-electron chi connectivity index (χ1n) is 3.80. The number of aliphatic hydroxyl groups excluding tert-OH is 1. The van der Waals surface area contributed by atoms with Crippen LogP contribution in [0, 0.1) is 0 Å². The molecule has 70 valence electrons. The smallest absolute Gasteiger partial charge is 0.326 e. The molecule has 0 amide bonds. The highest BCUT2D eigenvalue weighted by molar-refractivity contribution is 5.68. The summed E-state index contributed by atoms with van der Waals surface area (Å²) in [5.41, 5.74) is 0. The Morgan fingerprint density at radius 2 is 2.31 bits per heavy atom. The van der Waals surface area contributed by atoms with Gasteiger partial charge in [0.25, 0.3) is 5.76 Å². The van der Waals surface area contributed by atoms with E-state index < -0.39 is 11.9 Å². The van der Waals surface area contributed by atoms with Crippen LogP contribution in [0.15, 0.2) is 23.2 Å². The minimum Gasteiger partial charge on any atom is -0.478 e. The topological polar surface area (TPSA) is 68.3 Å². The first kappa shape index (κ1) is 7.97. The fourth-order valence-corrected chi connectivity index (χ4v) is 1.12. The molecule has 0 saturated carbocycles. The summed E-state index contributed by atoms with van der Waals surface area (Å²) >= 11 is 0. The lowest BCUT2D eigenvalue weighted by Crippen LogP contribution is -2.13. The summed E-state index contributed by atoms with van der Waals surface area (Å²) in [6.45, 7) is 2.96. The molecular weight excluding hydrogens is 176 g/mol. The molecule has 0 aromatic heterocycles. The second-order valence-electron chi connectivity index (χ2n) is 2.78. The third kappa shape index (κ3) is 1.22. The highest BCUT2D eigenvalue weighted by atomic mass is 16.7. The van der Waals surface area contributed by atoms with Crippen molar-refractivity contribution >= 4 is 5.97 Å². The van der Waals surface area contributed by atoms with E-state index in [0.717, 1.165) is 0 Å². The normalized spacial score (nSPS) is 24.6. The molecule has 0 aliphatic carbocycles. The van der Waals surface area contributed by atoms with Crippen LogP contribution in [0.2, 0.25) is 0 Å². The number of rotatable bonds is 1. The van der Waals surface area contributed by atoms with Crippen molar-refractivity contribution in [1.82, 2.24) is 0 Å². The van der Waals surface area contributed by atoms with Gasteiger partial charge in [-0.15, -0.1) is 0 Å². The number of hydrogen-bond acceptors (Lipinski definition) is 5. The number of carbonyl (C=O) groups is 1. The van der Waals surface area contributed by atoms with Crippen molar-refractivity contribution in [3.8, 4) is 0 Å². The number of carbonyl (C=O) groups excluding carboxylic acids is 1. The molecule has 0 aromatic carbocycles. The van der Waals surface area contributed by atoms with Crippen LogP contribution in [-0.4, -0.2) is 17.2 Å². The van der Waals surface area contributed by atoms with E-state index in [1.807, 2.05) is 0 Å². The standard InChI is InChI=1S/C8H8O5/c1-3-5-6(13-5)7(8(10)11-3)12-4(2)9/h3,10H,1-2H3. The van der Waals surface area contributed by atoms with Gasteiger partial charge in [0.05, 0.1) is 0 Å². The maximum Gasteiger partial charge on any atom is 0.326 e. The lowest BCUT2D eigenvalue weighted by molar-refractivity contribution is -0.137. The number of ether oxygens (including phenoxy) is 3. The Balaban J connectivity index is 2.23. The van der Waals surface area contributed by atoms with E-state index in [1.54, 1.807) is 6.92 Å². The van der Waals surface area contributed by atoms with Gasteiger partial charge in [0.1, 0.15) is 0 Å². The van der Waals surface area contributed by atoms with Gasteiger partial charge in [-0.05, 0) is 6.92 Å². The molecular formula is C8H8O5. The second-order valence-corrected chi connectivity index (χ2v) is 2.78. The molecule has 0 radical (unpaired) electrons. The van der Waals surface area contributed by atoms with Gasteiger partial charge in [0.2, 0.25) is 5.76 Å². The number of hydrogen-bond donors (Lipinski definition) is 1. The van der Waals surface area contributed by atoms with Crippen molar-refractivity contribution in [3.05, 3.63) is 23.2 Å². The predicted octanol–water partition coefficient (Wildman–Crippen LogP) is 0.937. The van der Waals surface area contributed by atoms with Crippen LogP contribution < -0.4 is 0 Å². The highest BCUT2D eigenvalue weighted by Crippen LogP contribution is 2.42. The molecule has 5 heteroatoms. The zero-order valence-electron chi connectivity index (χ0n) is 7.16. The summed E-state index contributed by atoms with van der Waals surface area (Å²) < 4.78 is 14.6. The Bertz CT molecular complexity index is 338. The van der Waals surface area contributed by atoms with E-state index in [0.29, 0.717) is 11.5 Å². The van der Waals surface area contributed by atoms with Crippen LogP contribution in [-0.2, 0) is 19.0 Å². The quantitative estimate of drug-likeness (QED) is 0.614. The molecule has 0 spiro atoms. The first-order chi connectivity index (χ1) is 6.09. The van der Waals surface area contributed by atoms with Crippen LogP contribution in [0.1, 0.15) is 13.8 Å². The van der Waals surface area contributed by atoms with Gasteiger partial charge in [-0.2, -0.15) is 0 Å². The zero-order valence-corrected chi connectivity index (χ0v) is 7.16. The molecule has 2 rings (SSSR count). The number of esters is 1. The van der Waals surface area contributed by atoms with Gasteiger partial charge in [-0.3, -0.25) is 4.79 Å².